The number of rotatable bonds is 5. The first-order chi connectivity index (χ1) is 14.0. The first kappa shape index (κ1) is 19.4. The molecule has 0 spiro atoms. The van der Waals surface area contributed by atoms with Crippen LogP contribution in [0.5, 0.6) is 0 Å². The van der Waals surface area contributed by atoms with Gasteiger partial charge < -0.3 is 9.32 Å². The standard InChI is InChI=1S/C22H25FN4O2/c1-15-10-16(2)27(25-15)14-21(28)26-9-4-3-8-20(26)22-24-13-19(29-22)12-17-6-5-7-18(23)11-17/h5-7,10-11,13,20H,3-4,8-9,12,14H2,1-2H3/t20-/m1/s1. The highest BCUT2D eigenvalue weighted by atomic mass is 19.1. The van der Waals surface area contributed by atoms with Crippen LogP contribution in [0.3, 0.4) is 0 Å². The summed E-state index contributed by atoms with van der Waals surface area (Å²) >= 11 is 0. The molecule has 1 fully saturated rings. The molecule has 0 radical (unpaired) electrons. The van der Waals surface area contributed by atoms with Gasteiger partial charge in [-0.05, 0) is 56.9 Å². The fourth-order valence-corrected chi connectivity index (χ4v) is 3.95. The normalized spacial score (nSPS) is 16.9. The van der Waals surface area contributed by atoms with Crippen molar-refractivity contribution in [3.05, 3.63) is 70.9 Å². The lowest BCUT2D eigenvalue weighted by Crippen LogP contribution is -2.40. The number of nitrogens with zero attached hydrogens (tertiary/aromatic N) is 4. The average Bonchev–Trinajstić information content (AvgIpc) is 3.27. The van der Waals surface area contributed by atoms with Gasteiger partial charge in [-0.1, -0.05) is 12.1 Å². The molecule has 4 rings (SSSR count). The number of halogens is 1. The molecule has 1 saturated heterocycles. The zero-order chi connectivity index (χ0) is 20.4. The van der Waals surface area contributed by atoms with Gasteiger partial charge >= 0.3 is 0 Å². The Morgan fingerprint density at radius 2 is 2.14 bits per heavy atom. The molecular formula is C22H25FN4O2. The van der Waals surface area contributed by atoms with Crippen molar-refractivity contribution in [3.8, 4) is 0 Å². The molecule has 1 atom stereocenters. The van der Waals surface area contributed by atoms with Crippen LogP contribution in [0.25, 0.3) is 0 Å². The molecular weight excluding hydrogens is 371 g/mol. The fourth-order valence-electron chi connectivity index (χ4n) is 3.95. The van der Waals surface area contributed by atoms with Gasteiger partial charge in [-0.2, -0.15) is 5.10 Å². The van der Waals surface area contributed by atoms with Crippen LogP contribution in [0.2, 0.25) is 0 Å². The van der Waals surface area contributed by atoms with Gasteiger partial charge in [0.15, 0.2) is 0 Å². The molecule has 6 nitrogen and oxygen atoms in total. The monoisotopic (exact) mass is 396 g/mol. The summed E-state index contributed by atoms with van der Waals surface area (Å²) in [6.07, 6.45) is 4.96. The van der Waals surface area contributed by atoms with Crippen LogP contribution in [-0.4, -0.2) is 32.1 Å². The molecule has 0 unspecified atom stereocenters. The number of oxazole rings is 1. The van der Waals surface area contributed by atoms with Crippen LogP contribution in [0.4, 0.5) is 4.39 Å². The van der Waals surface area contributed by atoms with E-state index in [1.165, 1.54) is 12.1 Å². The van der Waals surface area contributed by atoms with Crippen LogP contribution < -0.4 is 0 Å². The topological polar surface area (TPSA) is 64.2 Å². The molecule has 3 heterocycles. The average molecular weight is 396 g/mol. The third-order valence-corrected chi connectivity index (χ3v) is 5.34. The van der Waals surface area contributed by atoms with Gasteiger partial charge in [-0.15, -0.1) is 0 Å². The number of carbonyl (C=O) groups excluding carboxylic acids is 1. The molecule has 1 aliphatic rings. The molecule has 7 heteroatoms. The van der Waals surface area contributed by atoms with Crippen molar-refractivity contribution >= 4 is 5.91 Å². The number of hydrogen-bond acceptors (Lipinski definition) is 4. The number of amides is 1. The Labute approximate surface area is 169 Å². The first-order valence-corrected chi connectivity index (χ1v) is 9.99. The largest absolute Gasteiger partial charge is 0.443 e. The summed E-state index contributed by atoms with van der Waals surface area (Å²) in [5, 5.41) is 4.40. The van der Waals surface area contributed by atoms with Gasteiger partial charge in [0.25, 0.3) is 0 Å². The number of carbonyl (C=O) groups is 1. The van der Waals surface area contributed by atoms with Crippen LogP contribution in [-0.2, 0) is 17.8 Å². The molecule has 0 aliphatic carbocycles. The Morgan fingerprint density at radius 1 is 1.28 bits per heavy atom. The van der Waals surface area contributed by atoms with E-state index in [1.807, 2.05) is 30.9 Å². The molecule has 1 aliphatic heterocycles. The quantitative estimate of drug-likeness (QED) is 0.655. The van der Waals surface area contributed by atoms with Crippen molar-refractivity contribution in [2.24, 2.45) is 0 Å². The first-order valence-electron chi connectivity index (χ1n) is 9.99. The Bertz CT molecular complexity index is 1010. The number of aryl methyl sites for hydroxylation is 2. The number of likely N-dealkylation sites (tertiary alicyclic amines) is 1. The number of piperidine rings is 1. The SMILES string of the molecule is Cc1cc(C)n(CC(=O)N2CCCC[C@@H]2c2ncc(Cc3cccc(F)c3)o2)n1. The number of aromatic nitrogens is 3. The molecule has 1 amide bonds. The lowest BCUT2D eigenvalue weighted by atomic mass is 10.0. The van der Waals surface area contributed by atoms with E-state index < -0.39 is 0 Å². The van der Waals surface area contributed by atoms with Crippen molar-refractivity contribution in [2.75, 3.05) is 6.54 Å². The number of benzene rings is 1. The summed E-state index contributed by atoms with van der Waals surface area (Å²) in [7, 11) is 0. The van der Waals surface area contributed by atoms with Crippen LogP contribution >= 0.6 is 0 Å². The van der Waals surface area contributed by atoms with Gasteiger partial charge in [0.2, 0.25) is 11.8 Å². The van der Waals surface area contributed by atoms with Crippen molar-refractivity contribution in [1.82, 2.24) is 19.7 Å². The van der Waals surface area contributed by atoms with Gasteiger partial charge in [-0.3, -0.25) is 9.48 Å². The van der Waals surface area contributed by atoms with Gasteiger partial charge in [0.1, 0.15) is 24.2 Å². The molecule has 29 heavy (non-hydrogen) atoms. The van der Waals surface area contributed by atoms with Crippen LogP contribution in [0.15, 0.2) is 40.9 Å². The minimum atomic E-state index is -0.268. The van der Waals surface area contributed by atoms with E-state index in [1.54, 1.807) is 16.9 Å². The van der Waals surface area contributed by atoms with Crippen molar-refractivity contribution in [3.63, 3.8) is 0 Å². The highest BCUT2D eigenvalue weighted by Crippen LogP contribution is 2.31. The lowest BCUT2D eigenvalue weighted by molar-refractivity contribution is -0.136. The number of hydrogen-bond donors (Lipinski definition) is 0. The minimum absolute atomic E-state index is 0.0192. The van der Waals surface area contributed by atoms with E-state index in [-0.39, 0.29) is 24.3 Å². The molecule has 3 aromatic rings. The Hall–Kier alpha value is -2.96. The Balaban J connectivity index is 1.49. The summed E-state index contributed by atoms with van der Waals surface area (Å²) in [5.41, 5.74) is 2.70. The summed E-state index contributed by atoms with van der Waals surface area (Å²) in [5.74, 6) is 0.973. The van der Waals surface area contributed by atoms with Crippen molar-refractivity contribution in [2.45, 2.75) is 52.1 Å². The summed E-state index contributed by atoms with van der Waals surface area (Å²) in [6.45, 7) is 4.77. The Morgan fingerprint density at radius 3 is 2.90 bits per heavy atom. The Kier molecular flexibility index (Phi) is 5.47. The van der Waals surface area contributed by atoms with E-state index >= 15 is 0 Å². The summed E-state index contributed by atoms with van der Waals surface area (Å²) < 4.78 is 21.1. The van der Waals surface area contributed by atoms with Crippen molar-refractivity contribution in [1.29, 1.82) is 0 Å². The third kappa shape index (κ3) is 4.39. The van der Waals surface area contributed by atoms with Gasteiger partial charge in [0.05, 0.1) is 11.9 Å². The smallest absolute Gasteiger partial charge is 0.244 e. The molecule has 152 valence electrons. The van der Waals surface area contributed by atoms with E-state index in [9.17, 15) is 9.18 Å². The fraction of sp³-hybridized carbons (Fsp3) is 0.409. The second kappa shape index (κ2) is 8.19. The zero-order valence-corrected chi connectivity index (χ0v) is 16.8. The molecule has 1 aromatic carbocycles. The van der Waals surface area contributed by atoms with Crippen LogP contribution in [0, 0.1) is 19.7 Å². The van der Waals surface area contributed by atoms with Crippen molar-refractivity contribution < 1.29 is 13.6 Å². The predicted molar refractivity (Wildman–Crippen MR) is 106 cm³/mol. The van der Waals surface area contributed by atoms with E-state index in [2.05, 4.69) is 10.1 Å². The lowest BCUT2D eigenvalue weighted by Gasteiger charge is -2.33. The maximum absolute atomic E-state index is 13.4. The highest BCUT2D eigenvalue weighted by molar-refractivity contribution is 5.76. The molecule has 0 N–H and O–H groups in total. The molecule has 0 bridgehead atoms. The van der Waals surface area contributed by atoms with E-state index in [4.69, 9.17) is 4.42 Å². The minimum Gasteiger partial charge on any atom is -0.443 e. The highest BCUT2D eigenvalue weighted by Gasteiger charge is 2.31. The summed E-state index contributed by atoms with van der Waals surface area (Å²) in [6, 6.07) is 8.25. The van der Waals surface area contributed by atoms with Gasteiger partial charge in [-0.25, -0.2) is 9.37 Å². The second-order valence-electron chi connectivity index (χ2n) is 7.65. The molecule has 2 aromatic heterocycles. The van der Waals surface area contributed by atoms with E-state index in [0.29, 0.717) is 24.6 Å². The maximum Gasteiger partial charge on any atom is 0.244 e. The maximum atomic E-state index is 13.4. The van der Waals surface area contributed by atoms with Crippen LogP contribution in [0.1, 0.15) is 53.9 Å². The van der Waals surface area contributed by atoms with Gasteiger partial charge in [0, 0.05) is 18.7 Å². The zero-order valence-electron chi connectivity index (χ0n) is 16.8. The van der Waals surface area contributed by atoms with E-state index in [0.717, 1.165) is 36.2 Å². The predicted octanol–water partition coefficient (Wildman–Crippen LogP) is 3.97. The summed E-state index contributed by atoms with van der Waals surface area (Å²) in [4.78, 5) is 19.3. The molecule has 0 saturated carbocycles. The third-order valence-electron chi connectivity index (χ3n) is 5.34. The second-order valence-corrected chi connectivity index (χ2v) is 7.65.